The highest BCUT2D eigenvalue weighted by atomic mass is 32.2. The number of nitrogens with zero attached hydrogens (tertiary/aromatic N) is 1. The molecule has 0 unspecified atom stereocenters. The Kier molecular flexibility index (Phi) is 3.58. The van der Waals surface area contributed by atoms with Crippen LogP contribution >= 0.6 is 11.3 Å². The van der Waals surface area contributed by atoms with Crippen LogP contribution in [0.1, 0.15) is 23.3 Å². The number of hydrogen-bond donors (Lipinski definition) is 1. The second-order valence-electron chi connectivity index (χ2n) is 4.45. The van der Waals surface area contributed by atoms with Gasteiger partial charge >= 0.3 is 0 Å². The van der Waals surface area contributed by atoms with Crippen molar-refractivity contribution in [2.75, 3.05) is 13.1 Å². The second-order valence-corrected chi connectivity index (χ2v) is 7.83. The van der Waals surface area contributed by atoms with Gasteiger partial charge in [-0.2, -0.15) is 4.31 Å². The average molecular weight is 274 g/mol. The molecule has 1 aromatic heterocycles. The molecule has 1 saturated heterocycles. The maximum absolute atomic E-state index is 12.5. The van der Waals surface area contributed by atoms with Gasteiger partial charge in [-0.25, -0.2) is 8.42 Å². The molecule has 1 aliphatic rings. The molecule has 1 atom stereocenters. The first-order valence-corrected chi connectivity index (χ1v) is 8.01. The summed E-state index contributed by atoms with van der Waals surface area (Å²) in [5.74, 6) is 0. The zero-order valence-corrected chi connectivity index (χ0v) is 11.8. The summed E-state index contributed by atoms with van der Waals surface area (Å²) in [5, 5.41) is 0. The third-order valence-electron chi connectivity index (χ3n) is 3.30. The molecule has 4 nitrogen and oxygen atoms in total. The fourth-order valence-corrected chi connectivity index (χ4v) is 5.49. The SMILES string of the molecule is Cc1cc(S(=O)(=O)N2CCC[C@@H]2CN)sc1C. The van der Waals surface area contributed by atoms with E-state index in [1.165, 1.54) is 11.3 Å². The molecular formula is C11H18N2O2S2. The van der Waals surface area contributed by atoms with Crippen LogP contribution in [-0.2, 0) is 10.0 Å². The third kappa shape index (κ3) is 2.27. The maximum Gasteiger partial charge on any atom is 0.252 e. The van der Waals surface area contributed by atoms with Crippen LogP contribution in [0.4, 0.5) is 0 Å². The number of rotatable bonds is 3. The van der Waals surface area contributed by atoms with Crippen LogP contribution in [0.3, 0.4) is 0 Å². The van der Waals surface area contributed by atoms with Crippen molar-refractivity contribution in [3.8, 4) is 0 Å². The number of aryl methyl sites for hydroxylation is 2. The Labute approximate surface area is 106 Å². The standard InChI is InChI=1S/C11H18N2O2S2/c1-8-6-11(16-9(8)2)17(14,15)13-5-3-4-10(13)7-12/h6,10H,3-5,7,12H2,1-2H3/t10-/m1/s1. The Morgan fingerprint density at radius 2 is 2.24 bits per heavy atom. The molecule has 96 valence electrons. The lowest BCUT2D eigenvalue weighted by atomic mass is 10.2. The zero-order valence-electron chi connectivity index (χ0n) is 10.1. The first-order valence-electron chi connectivity index (χ1n) is 5.75. The Morgan fingerprint density at radius 1 is 1.53 bits per heavy atom. The molecule has 1 aliphatic heterocycles. The van der Waals surface area contributed by atoms with Crippen LogP contribution in [0.15, 0.2) is 10.3 Å². The fraction of sp³-hybridized carbons (Fsp3) is 0.636. The Bertz CT molecular complexity index is 488. The van der Waals surface area contributed by atoms with Crippen molar-refractivity contribution >= 4 is 21.4 Å². The van der Waals surface area contributed by atoms with E-state index in [9.17, 15) is 8.42 Å². The van der Waals surface area contributed by atoms with E-state index in [-0.39, 0.29) is 6.04 Å². The summed E-state index contributed by atoms with van der Waals surface area (Å²) in [7, 11) is -3.33. The van der Waals surface area contributed by atoms with Crippen molar-refractivity contribution in [1.29, 1.82) is 0 Å². The Morgan fingerprint density at radius 3 is 2.76 bits per heavy atom. The molecule has 0 saturated carbocycles. The highest BCUT2D eigenvalue weighted by molar-refractivity contribution is 7.91. The molecule has 0 radical (unpaired) electrons. The summed E-state index contributed by atoms with van der Waals surface area (Å²) in [6.45, 7) is 4.89. The summed E-state index contributed by atoms with van der Waals surface area (Å²) in [5.41, 5.74) is 6.67. The first kappa shape index (κ1) is 13.0. The van der Waals surface area contributed by atoms with Crippen LogP contribution in [0.2, 0.25) is 0 Å². The maximum atomic E-state index is 12.5. The van der Waals surface area contributed by atoms with E-state index in [1.54, 1.807) is 10.4 Å². The molecule has 2 rings (SSSR count). The van der Waals surface area contributed by atoms with Gasteiger partial charge in [0.2, 0.25) is 0 Å². The minimum absolute atomic E-state index is 0.0253. The van der Waals surface area contributed by atoms with Crippen molar-refractivity contribution in [1.82, 2.24) is 4.31 Å². The summed E-state index contributed by atoms with van der Waals surface area (Å²) < 4.78 is 26.9. The molecule has 0 aliphatic carbocycles. The molecule has 0 bridgehead atoms. The average Bonchev–Trinajstić information content (AvgIpc) is 2.86. The van der Waals surface area contributed by atoms with Gasteiger partial charge in [-0.3, -0.25) is 0 Å². The van der Waals surface area contributed by atoms with E-state index >= 15 is 0 Å². The lowest BCUT2D eigenvalue weighted by Crippen LogP contribution is -2.39. The fourth-order valence-electron chi connectivity index (χ4n) is 2.14. The molecule has 0 amide bonds. The zero-order chi connectivity index (χ0) is 12.6. The molecule has 0 spiro atoms. The van der Waals surface area contributed by atoms with Crippen LogP contribution in [0.5, 0.6) is 0 Å². The topological polar surface area (TPSA) is 63.4 Å². The Balaban J connectivity index is 2.36. The first-order chi connectivity index (χ1) is 7.96. The second kappa shape index (κ2) is 4.68. The monoisotopic (exact) mass is 274 g/mol. The van der Waals surface area contributed by atoms with Crippen molar-refractivity contribution in [3.05, 3.63) is 16.5 Å². The summed E-state index contributed by atoms with van der Waals surface area (Å²) >= 11 is 1.35. The molecule has 2 N–H and O–H groups in total. The van der Waals surface area contributed by atoms with Crippen LogP contribution in [0, 0.1) is 13.8 Å². The molecule has 2 heterocycles. The molecular weight excluding hydrogens is 256 g/mol. The largest absolute Gasteiger partial charge is 0.329 e. The van der Waals surface area contributed by atoms with Crippen LogP contribution in [0.25, 0.3) is 0 Å². The van der Waals surface area contributed by atoms with Gasteiger partial charge < -0.3 is 5.73 Å². The lowest BCUT2D eigenvalue weighted by molar-refractivity contribution is 0.394. The predicted octanol–water partition coefficient (Wildman–Crippen LogP) is 1.48. The van der Waals surface area contributed by atoms with Gasteiger partial charge in [0, 0.05) is 24.0 Å². The number of thiophene rings is 1. The highest BCUT2D eigenvalue weighted by Crippen LogP contribution is 2.31. The van der Waals surface area contributed by atoms with Crippen molar-refractivity contribution in [2.45, 2.75) is 36.9 Å². The summed E-state index contributed by atoms with van der Waals surface area (Å²) in [4.78, 5) is 1.06. The van der Waals surface area contributed by atoms with E-state index in [4.69, 9.17) is 5.73 Å². The van der Waals surface area contributed by atoms with Crippen molar-refractivity contribution in [2.24, 2.45) is 5.73 Å². The quantitative estimate of drug-likeness (QED) is 0.908. The number of sulfonamides is 1. The summed E-state index contributed by atoms with van der Waals surface area (Å²) in [6.07, 6.45) is 1.78. The molecule has 17 heavy (non-hydrogen) atoms. The van der Waals surface area contributed by atoms with Gasteiger partial charge in [-0.05, 0) is 38.3 Å². The minimum atomic E-state index is -3.33. The van der Waals surface area contributed by atoms with E-state index in [2.05, 4.69) is 0 Å². The molecule has 1 fully saturated rings. The van der Waals surface area contributed by atoms with Gasteiger partial charge in [0.05, 0.1) is 0 Å². The molecule has 1 aromatic rings. The molecule has 0 aromatic carbocycles. The van der Waals surface area contributed by atoms with Crippen LogP contribution < -0.4 is 5.73 Å². The predicted molar refractivity (Wildman–Crippen MR) is 69.8 cm³/mol. The van der Waals surface area contributed by atoms with Gasteiger partial charge in [0.25, 0.3) is 10.0 Å². The third-order valence-corrected chi connectivity index (χ3v) is 6.86. The minimum Gasteiger partial charge on any atom is -0.329 e. The summed E-state index contributed by atoms with van der Waals surface area (Å²) in [6, 6.07) is 1.74. The van der Waals surface area contributed by atoms with Crippen molar-refractivity contribution < 1.29 is 8.42 Å². The lowest BCUT2D eigenvalue weighted by Gasteiger charge is -2.21. The Hall–Kier alpha value is -0.430. The van der Waals surface area contributed by atoms with Gasteiger partial charge in [-0.1, -0.05) is 0 Å². The molecule has 6 heteroatoms. The highest BCUT2D eigenvalue weighted by Gasteiger charge is 2.35. The van der Waals surface area contributed by atoms with E-state index in [0.29, 0.717) is 17.3 Å². The van der Waals surface area contributed by atoms with Gasteiger partial charge in [-0.15, -0.1) is 11.3 Å². The smallest absolute Gasteiger partial charge is 0.252 e. The van der Waals surface area contributed by atoms with E-state index in [1.807, 2.05) is 13.8 Å². The van der Waals surface area contributed by atoms with Crippen molar-refractivity contribution in [3.63, 3.8) is 0 Å². The number of nitrogens with two attached hydrogens (primary N) is 1. The number of hydrogen-bond acceptors (Lipinski definition) is 4. The van der Waals surface area contributed by atoms with Gasteiger partial charge in [0.1, 0.15) is 4.21 Å². The van der Waals surface area contributed by atoms with E-state index in [0.717, 1.165) is 23.3 Å². The van der Waals surface area contributed by atoms with Gasteiger partial charge in [0.15, 0.2) is 0 Å². The van der Waals surface area contributed by atoms with Crippen LogP contribution in [-0.4, -0.2) is 31.9 Å². The normalized spacial score (nSPS) is 22.2. The van der Waals surface area contributed by atoms with E-state index < -0.39 is 10.0 Å².